The first kappa shape index (κ1) is 16.1. The second-order valence-corrected chi connectivity index (χ2v) is 6.15. The van der Waals surface area contributed by atoms with Gasteiger partial charge in [0.05, 0.1) is 11.6 Å². The summed E-state index contributed by atoms with van der Waals surface area (Å²) in [5.41, 5.74) is 1.15. The van der Waals surface area contributed by atoms with E-state index in [1.54, 1.807) is 35.6 Å². The van der Waals surface area contributed by atoms with E-state index in [4.69, 9.17) is 4.42 Å². The minimum atomic E-state index is -0.365. The molecule has 1 amide bonds. The Bertz CT molecular complexity index is 883. The number of aromatic nitrogens is 1. The molecule has 0 aliphatic heterocycles. The molecule has 1 aromatic carbocycles. The molecule has 3 aromatic rings. The number of aryl methyl sites for hydroxylation is 1. The maximum absolute atomic E-state index is 13.5. The van der Waals surface area contributed by atoms with E-state index < -0.39 is 0 Å². The van der Waals surface area contributed by atoms with Gasteiger partial charge in [0.15, 0.2) is 5.76 Å². The summed E-state index contributed by atoms with van der Waals surface area (Å²) in [6, 6.07) is 9.89. The molecule has 0 fully saturated rings. The van der Waals surface area contributed by atoms with E-state index in [0.29, 0.717) is 17.1 Å². The standard InChI is InChI=1S/C18H15FN2O2S/c1-12-21-16(11-24-12)17-8-7-14(23-17)10-20-18(22)9-6-13-4-2-3-5-15(13)19/h2-9,11H,10H2,1H3,(H,20,22)/b9-6+. The summed E-state index contributed by atoms with van der Waals surface area (Å²) >= 11 is 1.55. The predicted octanol–water partition coefficient (Wildman–Crippen LogP) is 4.18. The van der Waals surface area contributed by atoms with Crippen LogP contribution in [0, 0.1) is 12.7 Å². The van der Waals surface area contributed by atoms with Gasteiger partial charge in [-0.2, -0.15) is 0 Å². The van der Waals surface area contributed by atoms with Crippen molar-refractivity contribution in [1.29, 1.82) is 0 Å². The molecule has 0 saturated heterocycles. The number of rotatable bonds is 5. The number of hydrogen-bond acceptors (Lipinski definition) is 4. The highest BCUT2D eigenvalue weighted by Crippen LogP contribution is 2.23. The maximum Gasteiger partial charge on any atom is 0.244 e. The van der Waals surface area contributed by atoms with Crippen molar-refractivity contribution in [2.75, 3.05) is 0 Å². The average molecular weight is 342 g/mol. The summed E-state index contributed by atoms with van der Waals surface area (Å²) in [4.78, 5) is 16.2. The van der Waals surface area contributed by atoms with Crippen LogP contribution in [0.25, 0.3) is 17.5 Å². The lowest BCUT2D eigenvalue weighted by molar-refractivity contribution is -0.116. The third-order valence-corrected chi connectivity index (χ3v) is 4.06. The van der Waals surface area contributed by atoms with Crippen LogP contribution in [0.1, 0.15) is 16.3 Å². The van der Waals surface area contributed by atoms with Gasteiger partial charge in [-0.3, -0.25) is 4.79 Å². The first-order valence-electron chi connectivity index (χ1n) is 7.33. The minimum absolute atomic E-state index is 0.254. The van der Waals surface area contributed by atoms with Crippen LogP contribution in [-0.4, -0.2) is 10.9 Å². The number of hydrogen-bond donors (Lipinski definition) is 1. The molecule has 0 bridgehead atoms. The van der Waals surface area contributed by atoms with E-state index in [0.717, 1.165) is 10.7 Å². The van der Waals surface area contributed by atoms with E-state index in [2.05, 4.69) is 10.3 Å². The van der Waals surface area contributed by atoms with Crippen LogP contribution in [0.15, 0.2) is 52.3 Å². The van der Waals surface area contributed by atoms with Gasteiger partial charge >= 0.3 is 0 Å². The molecule has 1 N–H and O–H groups in total. The Morgan fingerprint density at radius 3 is 2.92 bits per heavy atom. The average Bonchev–Trinajstić information content (AvgIpc) is 3.21. The Kier molecular flexibility index (Phi) is 4.86. The van der Waals surface area contributed by atoms with Crippen molar-refractivity contribution in [3.63, 3.8) is 0 Å². The second-order valence-electron chi connectivity index (χ2n) is 5.09. The van der Waals surface area contributed by atoms with Gasteiger partial charge in [-0.25, -0.2) is 9.37 Å². The monoisotopic (exact) mass is 342 g/mol. The Hall–Kier alpha value is -2.73. The third-order valence-electron chi connectivity index (χ3n) is 3.29. The van der Waals surface area contributed by atoms with Crippen LogP contribution < -0.4 is 5.32 Å². The largest absolute Gasteiger partial charge is 0.458 e. The van der Waals surface area contributed by atoms with Gasteiger partial charge in [-0.15, -0.1) is 11.3 Å². The number of furan rings is 1. The molecular weight excluding hydrogens is 327 g/mol. The fourth-order valence-electron chi connectivity index (χ4n) is 2.10. The molecule has 2 heterocycles. The van der Waals surface area contributed by atoms with Crippen LogP contribution in [0.5, 0.6) is 0 Å². The highest BCUT2D eigenvalue weighted by atomic mass is 32.1. The van der Waals surface area contributed by atoms with E-state index >= 15 is 0 Å². The van der Waals surface area contributed by atoms with Gasteiger partial charge in [0.1, 0.15) is 17.3 Å². The SMILES string of the molecule is Cc1nc(-c2ccc(CNC(=O)/C=C/c3ccccc3F)o2)cs1. The third kappa shape index (κ3) is 3.97. The fourth-order valence-corrected chi connectivity index (χ4v) is 2.70. The Morgan fingerprint density at radius 2 is 2.17 bits per heavy atom. The molecule has 122 valence electrons. The molecule has 4 nitrogen and oxygen atoms in total. The molecule has 0 radical (unpaired) electrons. The highest BCUT2D eigenvalue weighted by molar-refractivity contribution is 7.09. The molecule has 0 aliphatic rings. The number of halogens is 1. The zero-order valence-corrected chi connectivity index (χ0v) is 13.8. The first-order valence-corrected chi connectivity index (χ1v) is 8.21. The quantitative estimate of drug-likeness (QED) is 0.708. The highest BCUT2D eigenvalue weighted by Gasteiger charge is 2.08. The maximum atomic E-state index is 13.5. The molecule has 0 atom stereocenters. The molecule has 0 saturated carbocycles. The summed E-state index contributed by atoms with van der Waals surface area (Å²) < 4.78 is 19.1. The number of thiazole rings is 1. The second kappa shape index (κ2) is 7.23. The lowest BCUT2D eigenvalue weighted by atomic mass is 10.2. The van der Waals surface area contributed by atoms with Gasteiger partial charge in [0.25, 0.3) is 0 Å². The number of carbonyl (C=O) groups is 1. The van der Waals surface area contributed by atoms with Crippen molar-refractivity contribution in [2.45, 2.75) is 13.5 Å². The Labute approximate surface area is 142 Å². The van der Waals surface area contributed by atoms with Crippen LogP contribution in [0.2, 0.25) is 0 Å². The van der Waals surface area contributed by atoms with Crippen molar-refractivity contribution in [1.82, 2.24) is 10.3 Å². The zero-order chi connectivity index (χ0) is 16.9. The molecule has 6 heteroatoms. The number of benzene rings is 1. The van der Waals surface area contributed by atoms with Gasteiger partial charge in [0, 0.05) is 17.0 Å². The molecule has 3 rings (SSSR count). The van der Waals surface area contributed by atoms with Gasteiger partial charge in [0.2, 0.25) is 5.91 Å². The van der Waals surface area contributed by atoms with E-state index in [9.17, 15) is 9.18 Å². The molecule has 0 unspecified atom stereocenters. The predicted molar refractivity (Wildman–Crippen MR) is 91.8 cm³/mol. The van der Waals surface area contributed by atoms with E-state index in [1.165, 1.54) is 18.2 Å². The summed E-state index contributed by atoms with van der Waals surface area (Å²) in [6.45, 7) is 2.18. The topological polar surface area (TPSA) is 55.1 Å². The summed E-state index contributed by atoms with van der Waals surface area (Å²) in [6.07, 6.45) is 2.74. The normalized spacial score (nSPS) is 11.1. The molecule has 24 heavy (non-hydrogen) atoms. The first-order chi connectivity index (χ1) is 11.6. The molecule has 2 aromatic heterocycles. The molecular formula is C18H15FN2O2S. The Morgan fingerprint density at radius 1 is 1.33 bits per heavy atom. The summed E-state index contributed by atoms with van der Waals surface area (Å²) in [5, 5.41) is 5.59. The van der Waals surface area contributed by atoms with Crippen molar-refractivity contribution >= 4 is 23.3 Å². The van der Waals surface area contributed by atoms with Gasteiger partial charge < -0.3 is 9.73 Å². The van der Waals surface area contributed by atoms with Crippen molar-refractivity contribution in [2.24, 2.45) is 0 Å². The van der Waals surface area contributed by atoms with Gasteiger partial charge in [-0.05, 0) is 31.2 Å². The lowest BCUT2D eigenvalue weighted by Gasteiger charge is -1.99. The van der Waals surface area contributed by atoms with Crippen molar-refractivity contribution < 1.29 is 13.6 Å². The number of amides is 1. The van der Waals surface area contributed by atoms with E-state index in [1.807, 2.05) is 18.4 Å². The van der Waals surface area contributed by atoms with Crippen molar-refractivity contribution in [3.8, 4) is 11.5 Å². The fraction of sp³-hybridized carbons (Fsp3) is 0.111. The van der Waals surface area contributed by atoms with E-state index in [-0.39, 0.29) is 18.3 Å². The minimum Gasteiger partial charge on any atom is -0.458 e. The van der Waals surface area contributed by atoms with Gasteiger partial charge in [-0.1, -0.05) is 18.2 Å². The smallest absolute Gasteiger partial charge is 0.244 e. The van der Waals surface area contributed by atoms with Crippen LogP contribution in [0.3, 0.4) is 0 Å². The molecule has 0 aliphatic carbocycles. The Balaban J connectivity index is 1.57. The van der Waals surface area contributed by atoms with Crippen LogP contribution >= 0.6 is 11.3 Å². The number of nitrogens with one attached hydrogen (secondary N) is 1. The van der Waals surface area contributed by atoms with Crippen molar-refractivity contribution in [3.05, 3.63) is 70.0 Å². The van der Waals surface area contributed by atoms with Crippen LogP contribution in [0.4, 0.5) is 4.39 Å². The summed E-state index contributed by atoms with van der Waals surface area (Å²) in [7, 11) is 0. The number of carbonyl (C=O) groups excluding carboxylic acids is 1. The summed E-state index contributed by atoms with van der Waals surface area (Å²) in [5.74, 6) is 0.616. The zero-order valence-electron chi connectivity index (χ0n) is 13.0. The molecule has 0 spiro atoms. The lowest BCUT2D eigenvalue weighted by Crippen LogP contribution is -2.19. The van der Waals surface area contributed by atoms with Crippen LogP contribution in [-0.2, 0) is 11.3 Å². The number of nitrogens with zero attached hydrogens (tertiary/aromatic N) is 1.